The van der Waals surface area contributed by atoms with Crippen molar-refractivity contribution in [1.29, 1.82) is 0 Å². The number of hydrogen-bond acceptors (Lipinski definition) is 3. The van der Waals surface area contributed by atoms with Crippen LogP contribution in [0.15, 0.2) is 59.6 Å². The molecule has 0 saturated carbocycles. The van der Waals surface area contributed by atoms with E-state index in [2.05, 4.69) is 4.99 Å². The smallest absolute Gasteiger partial charge is 0.216 e. The van der Waals surface area contributed by atoms with Crippen LogP contribution < -0.4 is 0 Å². The van der Waals surface area contributed by atoms with E-state index in [9.17, 15) is 5.11 Å². The van der Waals surface area contributed by atoms with Gasteiger partial charge in [-0.2, -0.15) is 0 Å². The number of phenols is 1. The van der Waals surface area contributed by atoms with E-state index in [0.29, 0.717) is 12.4 Å². The zero-order valence-electron chi connectivity index (χ0n) is 9.78. The molecule has 0 bridgehead atoms. The topological polar surface area (TPSA) is 41.8 Å². The molecule has 2 aromatic carbocycles. The molecule has 1 aliphatic rings. The van der Waals surface area contributed by atoms with Crippen molar-refractivity contribution in [3.05, 3.63) is 65.7 Å². The Kier molecular flexibility index (Phi) is 2.73. The minimum absolute atomic E-state index is 0.00463. The molecule has 18 heavy (non-hydrogen) atoms. The van der Waals surface area contributed by atoms with E-state index in [1.165, 1.54) is 0 Å². The zero-order chi connectivity index (χ0) is 12.4. The maximum Gasteiger partial charge on any atom is 0.216 e. The van der Waals surface area contributed by atoms with Gasteiger partial charge in [0.25, 0.3) is 0 Å². The first kappa shape index (κ1) is 10.8. The molecule has 0 aliphatic carbocycles. The lowest BCUT2D eigenvalue weighted by molar-refractivity contribution is 0.230. The molecule has 3 heteroatoms. The minimum Gasteiger partial charge on any atom is -0.508 e. The van der Waals surface area contributed by atoms with Crippen molar-refractivity contribution in [2.75, 3.05) is 6.54 Å². The van der Waals surface area contributed by atoms with Gasteiger partial charge in [-0.3, -0.25) is 0 Å². The van der Waals surface area contributed by atoms with Crippen LogP contribution in [0.1, 0.15) is 17.2 Å². The number of benzene rings is 2. The summed E-state index contributed by atoms with van der Waals surface area (Å²) in [7, 11) is 0. The number of rotatable bonds is 2. The average molecular weight is 239 g/mol. The number of phenolic OH excluding ortho intramolecular Hbond substituents is 1. The first-order valence-corrected chi connectivity index (χ1v) is 5.88. The summed E-state index contributed by atoms with van der Waals surface area (Å²) in [5.41, 5.74) is 2.03. The molecule has 1 heterocycles. The monoisotopic (exact) mass is 239 g/mol. The van der Waals surface area contributed by atoms with Gasteiger partial charge in [0.1, 0.15) is 11.9 Å². The first-order chi connectivity index (χ1) is 8.83. The van der Waals surface area contributed by atoms with Crippen LogP contribution in [-0.4, -0.2) is 17.5 Å². The van der Waals surface area contributed by atoms with Crippen LogP contribution in [0.3, 0.4) is 0 Å². The standard InChI is InChI=1S/C15H13NO2/c17-13-8-6-12(7-9-13)15-16-10-14(18-15)11-4-2-1-3-5-11/h1-9,14,17H,10H2/t14-/m1/s1. The molecule has 1 N–H and O–H groups in total. The molecule has 1 aliphatic heterocycles. The molecule has 0 fully saturated rings. The predicted octanol–water partition coefficient (Wildman–Crippen LogP) is 2.91. The molecule has 0 amide bonds. The van der Waals surface area contributed by atoms with Crippen LogP contribution in [0.2, 0.25) is 0 Å². The van der Waals surface area contributed by atoms with E-state index in [4.69, 9.17) is 4.74 Å². The largest absolute Gasteiger partial charge is 0.508 e. The molecule has 1 atom stereocenters. The fraction of sp³-hybridized carbons (Fsp3) is 0.133. The maximum absolute atomic E-state index is 9.25. The molecule has 3 nitrogen and oxygen atoms in total. The summed E-state index contributed by atoms with van der Waals surface area (Å²) in [6, 6.07) is 17.0. The molecule has 0 aromatic heterocycles. The Morgan fingerprint density at radius 3 is 2.44 bits per heavy atom. The Morgan fingerprint density at radius 1 is 1.00 bits per heavy atom. The van der Waals surface area contributed by atoms with Gasteiger partial charge in [-0.1, -0.05) is 30.3 Å². The highest BCUT2D eigenvalue weighted by molar-refractivity contribution is 5.95. The lowest BCUT2D eigenvalue weighted by Gasteiger charge is -2.11. The maximum atomic E-state index is 9.25. The van der Waals surface area contributed by atoms with Crippen molar-refractivity contribution < 1.29 is 9.84 Å². The van der Waals surface area contributed by atoms with Gasteiger partial charge < -0.3 is 9.84 Å². The van der Waals surface area contributed by atoms with Gasteiger partial charge >= 0.3 is 0 Å². The summed E-state index contributed by atoms with van der Waals surface area (Å²) in [5.74, 6) is 0.890. The third-order valence-corrected chi connectivity index (χ3v) is 2.94. The molecule has 0 saturated heterocycles. The van der Waals surface area contributed by atoms with E-state index >= 15 is 0 Å². The van der Waals surface area contributed by atoms with Crippen LogP contribution in [0.4, 0.5) is 0 Å². The van der Waals surface area contributed by atoms with E-state index in [1.54, 1.807) is 12.1 Å². The summed E-state index contributed by atoms with van der Waals surface area (Å²) in [4.78, 5) is 4.41. The van der Waals surface area contributed by atoms with Crippen molar-refractivity contribution in [1.82, 2.24) is 0 Å². The second-order valence-corrected chi connectivity index (χ2v) is 4.21. The van der Waals surface area contributed by atoms with Gasteiger partial charge in [0.05, 0.1) is 6.54 Å². The van der Waals surface area contributed by atoms with Crippen LogP contribution >= 0.6 is 0 Å². The summed E-state index contributed by atoms with van der Waals surface area (Å²) in [5, 5.41) is 9.25. The third kappa shape index (κ3) is 2.07. The Labute approximate surface area is 105 Å². The first-order valence-electron chi connectivity index (χ1n) is 5.88. The third-order valence-electron chi connectivity index (χ3n) is 2.94. The van der Waals surface area contributed by atoms with Crippen molar-refractivity contribution in [2.45, 2.75) is 6.10 Å². The molecular formula is C15H13NO2. The van der Waals surface area contributed by atoms with Crippen molar-refractivity contribution >= 4 is 5.90 Å². The number of aromatic hydroxyl groups is 1. The highest BCUT2D eigenvalue weighted by atomic mass is 16.5. The number of nitrogens with zero attached hydrogens (tertiary/aromatic N) is 1. The van der Waals surface area contributed by atoms with Crippen molar-refractivity contribution in [2.24, 2.45) is 4.99 Å². The molecule has 2 aromatic rings. The normalized spacial score (nSPS) is 18.2. The van der Waals surface area contributed by atoms with Crippen LogP contribution in [-0.2, 0) is 4.74 Å². The molecule has 0 radical (unpaired) electrons. The number of hydrogen-bond donors (Lipinski definition) is 1. The van der Waals surface area contributed by atoms with Crippen molar-refractivity contribution in [3.8, 4) is 5.75 Å². The SMILES string of the molecule is Oc1ccc(C2=NC[C@H](c3ccccc3)O2)cc1. The van der Waals surface area contributed by atoms with Gasteiger partial charge in [0.2, 0.25) is 5.90 Å². The second-order valence-electron chi connectivity index (χ2n) is 4.21. The summed E-state index contributed by atoms with van der Waals surface area (Å²) >= 11 is 0. The lowest BCUT2D eigenvalue weighted by Crippen LogP contribution is -2.05. The predicted molar refractivity (Wildman–Crippen MR) is 69.8 cm³/mol. The van der Waals surface area contributed by atoms with Gasteiger partial charge in [-0.05, 0) is 29.8 Å². The summed E-state index contributed by atoms with van der Waals surface area (Å²) in [6.07, 6.45) is -0.00463. The summed E-state index contributed by atoms with van der Waals surface area (Å²) < 4.78 is 5.84. The molecule has 0 unspecified atom stereocenters. The van der Waals surface area contributed by atoms with Gasteiger partial charge in [0, 0.05) is 5.56 Å². The molecular weight excluding hydrogens is 226 g/mol. The average Bonchev–Trinajstić information content (AvgIpc) is 2.90. The Hall–Kier alpha value is -2.29. The fourth-order valence-corrected chi connectivity index (χ4v) is 1.98. The van der Waals surface area contributed by atoms with Crippen LogP contribution in [0.25, 0.3) is 0 Å². The van der Waals surface area contributed by atoms with E-state index in [0.717, 1.165) is 11.1 Å². The van der Waals surface area contributed by atoms with Gasteiger partial charge in [0.15, 0.2) is 0 Å². The van der Waals surface area contributed by atoms with Crippen LogP contribution in [0.5, 0.6) is 5.75 Å². The Morgan fingerprint density at radius 2 is 1.72 bits per heavy atom. The molecule has 0 spiro atoms. The zero-order valence-corrected chi connectivity index (χ0v) is 9.78. The Bertz CT molecular complexity index is 561. The van der Waals surface area contributed by atoms with Crippen molar-refractivity contribution in [3.63, 3.8) is 0 Å². The highest BCUT2D eigenvalue weighted by Crippen LogP contribution is 2.25. The lowest BCUT2D eigenvalue weighted by atomic mass is 10.1. The quantitative estimate of drug-likeness (QED) is 0.875. The minimum atomic E-state index is -0.00463. The summed E-state index contributed by atoms with van der Waals surface area (Å²) in [6.45, 7) is 0.639. The highest BCUT2D eigenvalue weighted by Gasteiger charge is 2.22. The van der Waals surface area contributed by atoms with E-state index in [-0.39, 0.29) is 11.9 Å². The fourth-order valence-electron chi connectivity index (χ4n) is 1.98. The molecule has 90 valence electrons. The van der Waals surface area contributed by atoms with Gasteiger partial charge in [-0.15, -0.1) is 0 Å². The van der Waals surface area contributed by atoms with E-state index in [1.807, 2.05) is 42.5 Å². The Balaban J connectivity index is 1.77. The second kappa shape index (κ2) is 4.53. The number of aliphatic imine (C=N–C) groups is 1. The molecule has 3 rings (SSSR count). The number of ether oxygens (including phenoxy) is 1. The van der Waals surface area contributed by atoms with Gasteiger partial charge in [-0.25, -0.2) is 4.99 Å². The van der Waals surface area contributed by atoms with Crippen LogP contribution in [0, 0.1) is 0 Å². The van der Waals surface area contributed by atoms with E-state index < -0.39 is 0 Å².